The van der Waals surface area contributed by atoms with Gasteiger partial charge in [0.05, 0.1) is 0 Å². The fraction of sp³-hybridized carbons (Fsp3) is 0.257. The molecule has 0 atom stereocenters. The summed E-state index contributed by atoms with van der Waals surface area (Å²) in [5, 5.41) is 5.40. The fourth-order valence-electron chi connectivity index (χ4n) is 4.16. The second kappa shape index (κ2) is 12.9. The minimum atomic E-state index is 0.603. The molecule has 0 aliphatic rings. The molecule has 0 unspecified atom stereocenters. The molecule has 0 aromatic heterocycles. The van der Waals surface area contributed by atoms with E-state index in [1.807, 2.05) is 6.07 Å². The minimum absolute atomic E-state index is 0.603. The largest absolute Gasteiger partial charge is 0.0622 e. The zero-order chi connectivity index (χ0) is 25.2. The quantitative estimate of drug-likeness (QED) is 0.251. The Morgan fingerprint density at radius 1 is 0.371 bits per heavy atom. The number of rotatable bonds is 3. The van der Waals surface area contributed by atoms with Gasteiger partial charge in [-0.1, -0.05) is 157 Å². The van der Waals surface area contributed by atoms with E-state index in [4.69, 9.17) is 0 Å². The van der Waals surface area contributed by atoms with Crippen LogP contribution in [0.4, 0.5) is 0 Å². The van der Waals surface area contributed by atoms with Crippen LogP contribution in [0.5, 0.6) is 0 Å². The van der Waals surface area contributed by atoms with Gasteiger partial charge in [-0.15, -0.1) is 0 Å². The Morgan fingerprint density at radius 2 is 0.914 bits per heavy atom. The maximum Gasteiger partial charge on any atom is -0.0149 e. The Morgan fingerprint density at radius 3 is 1.51 bits per heavy atom. The molecule has 5 aromatic carbocycles. The highest BCUT2D eigenvalue weighted by Gasteiger charge is 2.03. The third-order valence-corrected chi connectivity index (χ3v) is 6.35. The van der Waals surface area contributed by atoms with Crippen LogP contribution in [-0.4, -0.2) is 0 Å². The van der Waals surface area contributed by atoms with Crippen molar-refractivity contribution in [1.29, 1.82) is 0 Å². The molecule has 0 saturated carbocycles. The summed E-state index contributed by atoms with van der Waals surface area (Å²) in [5.74, 6) is 1.88. The maximum absolute atomic E-state index is 2.28. The molecule has 0 aliphatic carbocycles. The monoisotopic (exact) mass is 460 g/mol. The van der Waals surface area contributed by atoms with Crippen LogP contribution in [0.2, 0.25) is 0 Å². The third kappa shape index (κ3) is 7.55. The molecule has 0 aliphatic heterocycles. The van der Waals surface area contributed by atoms with Crippen LogP contribution in [0.1, 0.15) is 76.0 Å². The van der Waals surface area contributed by atoms with Gasteiger partial charge in [0.25, 0.3) is 0 Å². The molecular weight excluding hydrogens is 420 g/mol. The van der Waals surface area contributed by atoms with Crippen molar-refractivity contribution in [1.82, 2.24) is 0 Å². The van der Waals surface area contributed by atoms with Gasteiger partial charge in [0.15, 0.2) is 0 Å². The predicted molar refractivity (Wildman–Crippen MR) is 157 cm³/mol. The molecule has 0 heteroatoms. The smallest absolute Gasteiger partial charge is 0.0149 e. The van der Waals surface area contributed by atoms with Gasteiger partial charge in [-0.2, -0.15) is 0 Å². The van der Waals surface area contributed by atoms with Crippen molar-refractivity contribution < 1.29 is 0 Å². The highest BCUT2D eigenvalue weighted by molar-refractivity contribution is 5.86. The van der Waals surface area contributed by atoms with Crippen LogP contribution in [0, 0.1) is 0 Å². The Hall–Kier alpha value is -3.38. The van der Waals surface area contributed by atoms with Crippen molar-refractivity contribution in [2.24, 2.45) is 0 Å². The normalized spacial score (nSPS) is 10.8. The SMILES string of the molecule is CC(C)c1ccc2ccccc2c1.CC(C)c1cccc2ccccc12.CC(C)c1ccccc1. The van der Waals surface area contributed by atoms with Crippen molar-refractivity contribution in [2.75, 3.05) is 0 Å². The fourth-order valence-corrected chi connectivity index (χ4v) is 4.16. The molecule has 5 aromatic rings. The predicted octanol–water partition coefficient (Wildman–Crippen LogP) is 10.7. The molecule has 0 nitrogen and oxygen atoms in total. The molecule has 0 spiro atoms. The van der Waals surface area contributed by atoms with E-state index in [2.05, 4.69) is 151 Å². The van der Waals surface area contributed by atoms with Crippen LogP contribution < -0.4 is 0 Å². The number of hydrogen-bond acceptors (Lipinski definition) is 0. The van der Waals surface area contributed by atoms with E-state index in [0.717, 1.165) is 0 Å². The molecule has 35 heavy (non-hydrogen) atoms. The summed E-state index contributed by atoms with van der Waals surface area (Å²) in [6.07, 6.45) is 0. The third-order valence-electron chi connectivity index (χ3n) is 6.35. The molecule has 0 fully saturated rings. The second-order valence-electron chi connectivity index (χ2n) is 10.0. The van der Waals surface area contributed by atoms with Gasteiger partial charge in [0.1, 0.15) is 0 Å². The van der Waals surface area contributed by atoms with Gasteiger partial charge in [-0.3, -0.25) is 0 Å². The van der Waals surface area contributed by atoms with E-state index in [1.54, 1.807) is 0 Å². The van der Waals surface area contributed by atoms with Crippen molar-refractivity contribution in [3.8, 4) is 0 Å². The molecule has 0 saturated heterocycles. The first kappa shape index (κ1) is 26.2. The lowest BCUT2D eigenvalue weighted by Crippen LogP contribution is -1.88. The van der Waals surface area contributed by atoms with Gasteiger partial charge in [-0.05, 0) is 56.0 Å². The molecule has 0 amide bonds. The van der Waals surface area contributed by atoms with Crippen LogP contribution >= 0.6 is 0 Å². The van der Waals surface area contributed by atoms with Gasteiger partial charge in [0, 0.05) is 0 Å². The van der Waals surface area contributed by atoms with Crippen molar-refractivity contribution >= 4 is 21.5 Å². The van der Waals surface area contributed by atoms with E-state index in [0.29, 0.717) is 17.8 Å². The van der Waals surface area contributed by atoms with E-state index in [9.17, 15) is 0 Å². The van der Waals surface area contributed by atoms with Gasteiger partial charge in [-0.25, -0.2) is 0 Å². The summed E-state index contributed by atoms with van der Waals surface area (Å²) in [7, 11) is 0. The minimum Gasteiger partial charge on any atom is -0.0622 e. The average Bonchev–Trinajstić information content (AvgIpc) is 2.89. The highest BCUT2D eigenvalue weighted by atomic mass is 14.1. The van der Waals surface area contributed by atoms with Gasteiger partial charge in [0.2, 0.25) is 0 Å². The van der Waals surface area contributed by atoms with E-state index < -0.39 is 0 Å². The number of hydrogen-bond donors (Lipinski definition) is 0. The maximum atomic E-state index is 2.28. The van der Waals surface area contributed by atoms with Crippen LogP contribution in [-0.2, 0) is 0 Å². The highest BCUT2D eigenvalue weighted by Crippen LogP contribution is 2.24. The lowest BCUT2D eigenvalue weighted by Gasteiger charge is -2.08. The Kier molecular flexibility index (Phi) is 9.67. The lowest BCUT2D eigenvalue weighted by atomic mass is 9.96. The zero-order valence-corrected chi connectivity index (χ0v) is 22.2. The molecule has 180 valence electrons. The summed E-state index contributed by atoms with van der Waals surface area (Å²) in [5.41, 5.74) is 4.27. The molecule has 0 heterocycles. The summed E-state index contributed by atoms with van der Waals surface area (Å²) in [6.45, 7) is 13.3. The van der Waals surface area contributed by atoms with Crippen LogP contribution in [0.15, 0.2) is 115 Å². The zero-order valence-electron chi connectivity index (χ0n) is 22.2. The van der Waals surface area contributed by atoms with E-state index in [-0.39, 0.29) is 0 Å². The average molecular weight is 461 g/mol. The van der Waals surface area contributed by atoms with Gasteiger partial charge >= 0.3 is 0 Å². The lowest BCUT2D eigenvalue weighted by molar-refractivity contribution is 0.867. The van der Waals surface area contributed by atoms with Crippen molar-refractivity contribution in [2.45, 2.75) is 59.3 Å². The van der Waals surface area contributed by atoms with Crippen molar-refractivity contribution in [3.05, 3.63) is 132 Å². The Bertz CT molecular complexity index is 1300. The molecule has 0 radical (unpaired) electrons. The summed E-state index contributed by atoms with van der Waals surface area (Å²) >= 11 is 0. The first-order valence-electron chi connectivity index (χ1n) is 12.9. The Labute approximate surface area is 212 Å². The standard InChI is InChI=1S/2C13H14.C9H12/c1-10(2)12-9-5-7-11-6-3-4-8-13(11)12;1-10(2)12-8-7-11-5-3-4-6-13(11)9-12;1-8(2)9-6-4-3-5-7-9/h2*3-10H,1-2H3;3-8H,1-2H3. The first-order valence-corrected chi connectivity index (χ1v) is 12.9. The molecule has 0 bridgehead atoms. The molecular formula is C35H40. The molecule has 0 N–H and O–H groups in total. The Balaban J connectivity index is 0.000000150. The molecule has 5 rings (SSSR count). The second-order valence-corrected chi connectivity index (χ2v) is 10.0. The number of fused-ring (bicyclic) bond motifs is 2. The first-order chi connectivity index (χ1) is 16.9. The topological polar surface area (TPSA) is 0 Å². The number of benzene rings is 5. The van der Waals surface area contributed by atoms with Crippen LogP contribution in [0.25, 0.3) is 21.5 Å². The van der Waals surface area contributed by atoms with E-state index in [1.165, 1.54) is 38.2 Å². The van der Waals surface area contributed by atoms with Gasteiger partial charge < -0.3 is 0 Å². The summed E-state index contributed by atoms with van der Waals surface area (Å²) in [6, 6.07) is 40.8. The summed E-state index contributed by atoms with van der Waals surface area (Å²) in [4.78, 5) is 0. The van der Waals surface area contributed by atoms with Crippen LogP contribution in [0.3, 0.4) is 0 Å². The van der Waals surface area contributed by atoms with Crippen molar-refractivity contribution in [3.63, 3.8) is 0 Å². The summed E-state index contributed by atoms with van der Waals surface area (Å²) < 4.78 is 0. The van der Waals surface area contributed by atoms with E-state index >= 15 is 0 Å².